The number of carbonyl (C=O) groups excluding carboxylic acids is 2. The van der Waals surface area contributed by atoms with Gasteiger partial charge in [0.25, 0.3) is 5.91 Å². The van der Waals surface area contributed by atoms with E-state index in [4.69, 9.17) is 8.92 Å². The Bertz CT molecular complexity index is 1300. The van der Waals surface area contributed by atoms with Gasteiger partial charge in [-0.2, -0.15) is 0 Å². The minimum Gasteiger partial charge on any atom is -0.505 e. The van der Waals surface area contributed by atoms with E-state index in [0.717, 1.165) is 25.7 Å². The zero-order valence-electron chi connectivity index (χ0n) is 22.4. The highest BCUT2D eigenvalue weighted by Gasteiger charge is 2.37. The molecule has 0 radical (unpaired) electrons. The maximum atomic E-state index is 14.3. The van der Waals surface area contributed by atoms with Gasteiger partial charge in [-0.15, -0.1) is 0 Å². The van der Waals surface area contributed by atoms with Crippen LogP contribution in [0.15, 0.2) is 48.7 Å². The van der Waals surface area contributed by atoms with E-state index in [2.05, 4.69) is 18.8 Å². The molecule has 40 heavy (non-hydrogen) atoms. The number of hydrogen-bond acceptors (Lipinski definition) is 7. The molecule has 1 heterocycles. The van der Waals surface area contributed by atoms with E-state index in [1.165, 1.54) is 29.9 Å². The largest absolute Gasteiger partial charge is 0.505 e. The number of phenols is 1. The van der Waals surface area contributed by atoms with Gasteiger partial charge in [0.2, 0.25) is 5.91 Å². The number of fused-ring (bicyclic) bond motifs is 1. The number of aliphatic carboxylic acids is 1. The number of phenolic OH excluding ortho intramolecular Hbond substituents is 1. The molecule has 2 unspecified atom stereocenters. The van der Waals surface area contributed by atoms with Crippen LogP contribution in [-0.4, -0.2) is 50.8 Å². The van der Waals surface area contributed by atoms with E-state index in [-0.39, 0.29) is 29.9 Å². The van der Waals surface area contributed by atoms with E-state index >= 15 is 0 Å². The third-order valence-electron chi connectivity index (χ3n) is 7.44. The van der Waals surface area contributed by atoms with Gasteiger partial charge in [0.15, 0.2) is 17.6 Å². The van der Waals surface area contributed by atoms with Crippen molar-refractivity contribution in [3.05, 3.63) is 65.6 Å². The van der Waals surface area contributed by atoms with Crippen LogP contribution >= 0.6 is 12.0 Å². The van der Waals surface area contributed by atoms with Gasteiger partial charge >= 0.3 is 5.97 Å². The van der Waals surface area contributed by atoms with E-state index in [1.54, 1.807) is 30.3 Å². The molecule has 2 amide bonds. The quantitative estimate of drug-likeness (QED) is 0.325. The molecule has 2 aromatic rings. The van der Waals surface area contributed by atoms with Crippen molar-refractivity contribution in [2.75, 3.05) is 6.61 Å². The number of carboxylic acids is 1. The topological polar surface area (TPSA) is 125 Å². The molecule has 0 spiro atoms. The van der Waals surface area contributed by atoms with Crippen molar-refractivity contribution in [2.24, 2.45) is 11.8 Å². The lowest BCUT2D eigenvalue weighted by atomic mass is 9.79. The first-order valence-corrected chi connectivity index (χ1v) is 13.9. The monoisotopic (exact) mass is 572 g/mol. The lowest BCUT2D eigenvalue weighted by Gasteiger charge is -2.34. The Morgan fingerprint density at radius 1 is 1.20 bits per heavy atom. The SMILES string of the molecule is C=C(C1CCC(C(C)SOc2cccc(OCC(NC(C)=O)C(=O)O)c2)CC1)N1Cc2ccc(O)c(F)c2C1=O. The molecule has 4 rings (SSSR count). The number of rotatable bonds is 11. The second-order valence-electron chi connectivity index (χ2n) is 10.2. The minimum atomic E-state index is -1.18. The molecule has 0 bridgehead atoms. The molecular weight excluding hydrogens is 539 g/mol. The fourth-order valence-electron chi connectivity index (χ4n) is 5.14. The second-order valence-corrected chi connectivity index (χ2v) is 11.3. The molecule has 214 valence electrons. The number of halogens is 1. The number of carbonyl (C=O) groups is 3. The number of amides is 2. The molecule has 1 aliphatic heterocycles. The first-order valence-electron chi connectivity index (χ1n) is 13.1. The Balaban J connectivity index is 1.25. The van der Waals surface area contributed by atoms with Gasteiger partial charge in [0.1, 0.15) is 18.1 Å². The molecule has 0 saturated heterocycles. The molecule has 2 aliphatic rings. The lowest BCUT2D eigenvalue weighted by Crippen LogP contribution is -2.43. The van der Waals surface area contributed by atoms with Crippen LogP contribution in [0.25, 0.3) is 0 Å². The van der Waals surface area contributed by atoms with Crippen molar-refractivity contribution >= 4 is 29.8 Å². The summed E-state index contributed by atoms with van der Waals surface area (Å²) in [6, 6.07) is 8.57. The Morgan fingerprint density at radius 2 is 1.90 bits per heavy atom. The van der Waals surface area contributed by atoms with Crippen molar-refractivity contribution in [1.29, 1.82) is 0 Å². The van der Waals surface area contributed by atoms with Gasteiger partial charge < -0.3 is 29.3 Å². The minimum absolute atomic E-state index is 0.0686. The average molecular weight is 573 g/mol. The van der Waals surface area contributed by atoms with Gasteiger partial charge in [-0.3, -0.25) is 9.59 Å². The number of aromatic hydroxyl groups is 1. The summed E-state index contributed by atoms with van der Waals surface area (Å²) in [6.07, 6.45) is 3.55. The van der Waals surface area contributed by atoms with Crippen LogP contribution in [0.2, 0.25) is 0 Å². The average Bonchev–Trinajstić information content (AvgIpc) is 3.28. The van der Waals surface area contributed by atoms with Crippen LogP contribution in [0.1, 0.15) is 55.5 Å². The van der Waals surface area contributed by atoms with Crippen LogP contribution < -0.4 is 14.2 Å². The molecule has 2 atom stereocenters. The summed E-state index contributed by atoms with van der Waals surface area (Å²) in [4.78, 5) is 36.9. The predicted molar refractivity (Wildman–Crippen MR) is 147 cm³/mol. The Kier molecular flexibility index (Phi) is 9.24. The second kappa shape index (κ2) is 12.6. The normalized spacial score (nSPS) is 19.9. The molecule has 2 aromatic carbocycles. The van der Waals surface area contributed by atoms with Gasteiger partial charge in [-0.05, 0) is 68.2 Å². The summed E-state index contributed by atoms with van der Waals surface area (Å²) in [6.45, 7) is 7.56. The highest BCUT2D eigenvalue weighted by atomic mass is 32.2. The molecule has 1 saturated carbocycles. The third-order valence-corrected chi connectivity index (χ3v) is 8.42. The van der Waals surface area contributed by atoms with Crippen LogP contribution in [0, 0.1) is 17.7 Å². The van der Waals surface area contributed by atoms with Crippen molar-refractivity contribution in [3.8, 4) is 17.2 Å². The highest BCUT2D eigenvalue weighted by Crippen LogP contribution is 2.41. The number of benzene rings is 2. The molecule has 0 aromatic heterocycles. The number of ether oxygens (including phenoxy) is 1. The molecular formula is C29H33FN2O7S. The number of nitrogens with one attached hydrogen (secondary N) is 1. The summed E-state index contributed by atoms with van der Waals surface area (Å²) in [5.74, 6) is -2.00. The van der Waals surface area contributed by atoms with Crippen molar-refractivity contribution in [1.82, 2.24) is 10.2 Å². The first-order chi connectivity index (χ1) is 19.0. The zero-order chi connectivity index (χ0) is 29.0. The fraction of sp³-hybridized carbons (Fsp3) is 0.414. The smallest absolute Gasteiger partial charge is 0.329 e. The number of nitrogens with zero attached hydrogens (tertiary/aromatic N) is 1. The molecule has 3 N–H and O–H groups in total. The molecule has 9 nitrogen and oxygen atoms in total. The predicted octanol–water partition coefficient (Wildman–Crippen LogP) is 4.89. The zero-order valence-corrected chi connectivity index (χ0v) is 23.2. The molecule has 1 aliphatic carbocycles. The van der Waals surface area contributed by atoms with Crippen LogP contribution in [0.5, 0.6) is 17.2 Å². The molecule has 11 heteroatoms. The fourth-order valence-corrected chi connectivity index (χ4v) is 5.94. The summed E-state index contributed by atoms with van der Waals surface area (Å²) >= 11 is 1.35. The van der Waals surface area contributed by atoms with Crippen molar-refractivity contribution < 1.29 is 37.9 Å². The van der Waals surface area contributed by atoms with E-state index in [1.807, 2.05) is 0 Å². The summed E-state index contributed by atoms with van der Waals surface area (Å²) < 4.78 is 25.8. The Morgan fingerprint density at radius 3 is 2.58 bits per heavy atom. The van der Waals surface area contributed by atoms with Crippen molar-refractivity contribution in [3.63, 3.8) is 0 Å². The van der Waals surface area contributed by atoms with Crippen LogP contribution in [-0.2, 0) is 16.1 Å². The maximum absolute atomic E-state index is 14.3. The number of carboxylic acid groups (broad SMARTS) is 1. The highest BCUT2D eigenvalue weighted by molar-refractivity contribution is 7.95. The summed E-state index contributed by atoms with van der Waals surface area (Å²) in [5, 5.41) is 21.4. The van der Waals surface area contributed by atoms with Gasteiger partial charge in [0, 0.05) is 23.9 Å². The van der Waals surface area contributed by atoms with Gasteiger partial charge in [-0.25, -0.2) is 9.18 Å². The standard InChI is InChI=1S/C29H33FN2O7S/c1-16(32-14-21-11-12-25(34)27(30)26(21)28(32)35)19-7-9-20(10-8-19)17(2)40-39-23-6-4-5-22(13-23)38-15-24(29(36)37)31-18(3)33/h4-6,11-13,17,19-20,24,34H,1,7-10,14-15H2,2-3H3,(H,31,33)(H,36,37). The van der Waals surface area contributed by atoms with E-state index in [0.29, 0.717) is 28.7 Å². The van der Waals surface area contributed by atoms with Gasteiger partial charge in [-0.1, -0.05) is 18.7 Å². The van der Waals surface area contributed by atoms with Crippen LogP contribution in [0.4, 0.5) is 4.39 Å². The Labute approximate surface area is 236 Å². The first kappa shape index (κ1) is 29.3. The third kappa shape index (κ3) is 6.70. The number of allylic oxidation sites excluding steroid dienone is 1. The Hall–Kier alpha value is -3.73. The number of hydrogen-bond donors (Lipinski definition) is 3. The van der Waals surface area contributed by atoms with Gasteiger partial charge in [0.05, 0.1) is 24.2 Å². The van der Waals surface area contributed by atoms with E-state index < -0.39 is 35.4 Å². The summed E-state index contributed by atoms with van der Waals surface area (Å²) in [7, 11) is 0. The van der Waals surface area contributed by atoms with Crippen molar-refractivity contribution in [2.45, 2.75) is 57.4 Å². The lowest BCUT2D eigenvalue weighted by molar-refractivity contribution is -0.142. The maximum Gasteiger partial charge on any atom is 0.329 e. The van der Waals surface area contributed by atoms with E-state index in [9.17, 15) is 29.0 Å². The molecule has 1 fully saturated rings. The van der Waals surface area contributed by atoms with Crippen LogP contribution in [0.3, 0.4) is 0 Å². The summed E-state index contributed by atoms with van der Waals surface area (Å²) in [5.41, 5.74) is 1.18.